The molecule has 7 heteroatoms. The van der Waals surface area contributed by atoms with Crippen molar-refractivity contribution in [3.63, 3.8) is 0 Å². The molecule has 0 aromatic heterocycles. The first-order valence-corrected chi connectivity index (χ1v) is 7.28. The summed E-state index contributed by atoms with van der Waals surface area (Å²) >= 11 is 11.6. The average molecular weight is 353 g/mol. The summed E-state index contributed by atoms with van der Waals surface area (Å²) in [5.74, 6) is -0.739. The second kappa shape index (κ2) is 7.32. The van der Waals surface area contributed by atoms with Gasteiger partial charge in [0, 0.05) is 5.69 Å². The van der Waals surface area contributed by atoms with Crippen LogP contribution >= 0.6 is 23.2 Å². The lowest BCUT2D eigenvalue weighted by molar-refractivity contribution is -0.122. The fourth-order valence-corrected chi connectivity index (χ4v) is 2.13. The lowest BCUT2D eigenvalue weighted by atomic mass is 10.2. The van der Waals surface area contributed by atoms with Crippen molar-refractivity contribution in [1.29, 1.82) is 5.26 Å². The number of nitriles is 1. The van der Waals surface area contributed by atoms with Gasteiger partial charge in [0.2, 0.25) is 0 Å². The maximum Gasteiger partial charge on any atom is 0.265 e. The van der Waals surface area contributed by atoms with Crippen LogP contribution in [0.15, 0.2) is 36.4 Å². The molecular weight excluding hydrogens is 342 g/mol. The number of benzene rings is 2. The molecule has 0 aliphatic rings. The van der Waals surface area contributed by atoms with Gasteiger partial charge in [0.25, 0.3) is 5.91 Å². The molecule has 0 heterocycles. The van der Waals surface area contributed by atoms with E-state index in [1.54, 1.807) is 0 Å². The number of rotatable bonds is 4. The monoisotopic (exact) mass is 352 g/mol. The number of hydrogen-bond acceptors (Lipinski definition) is 3. The SMILES string of the molecule is C[C@H](Oc1ccc(C#N)cc1Cl)C(=O)Nc1ccc(F)c(Cl)c1. The van der Waals surface area contributed by atoms with Crippen LogP contribution in [0, 0.1) is 17.1 Å². The molecule has 0 aliphatic carbocycles. The van der Waals surface area contributed by atoms with Gasteiger partial charge in [0.15, 0.2) is 6.10 Å². The predicted molar refractivity (Wildman–Crippen MR) is 86.3 cm³/mol. The Morgan fingerprint density at radius 1 is 1.26 bits per heavy atom. The molecule has 1 atom stereocenters. The van der Waals surface area contributed by atoms with Crippen LogP contribution in [-0.4, -0.2) is 12.0 Å². The first-order valence-electron chi connectivity index (χ1n) is 6.53. The number of carbonyl (C=O) groups is 1. The number of nitrogens with zero attached hydrogens (tertiary/aromatic N) is 1. The molecule has 0 fully saturated rings. The molecule has 0 saturated carbocycles. The van der Waals surface area contributed by atoms with E-state index in [0.717, 1.165) is 6.07 Å². The fraction of sp³-hybridized carbons (Fsp3) is 0.125. The zero-order chi connectivity index (χ0) is 17.0. The summed E-state index contributed by atoms with van der Waals surface area (Å²) in [4.78, 5) is 12.1. The van der Waals surface area contributed by atoms with Crippen molar-refractivity contribution < 1.29 is 13.9 Å². The van der Waals surface area contributed by atoms with E-state index in [1.807, 2.05) is 6.07 Å². The third-order valence-corrected chi connectivity index (χ3v) is 3.51. The Balaban J connectivity index is 2.05. The standard InChI is InChI=1S/C16H11Cl2FN2O2/c1-9(23-15-5-2-10(8-20)6-13(15)18)16(22)21-11-3-4-14(19)12(17)7-11/h2-7,9H,1H3,(H,21,22)/t9-/m0/s1. The van der Waals surface area contributed by atoms with Crippen molar-refractivity contribution >= 4 is 34.8 Å². The van der Waals surface area contributed by atoms with Crippen LogP contribution in [0.25, 0.3) is 0 Å². The quantitative estimate of drug-likeness (QED) is 0.886. The number of hydrogen-bond donors (Lipinski definition) is 1. The van der Waals surface area contributed by atoms with E-state index in [0.29, 0.717) is 11.3 Å². The van der Waals surface area contributed by atoms with E-state index < -0.39 is 17.8 Å². The Morgan fingerprint density at radius 3 is 2.61 bits per heavy atom. The number of carbonyl (C=O) groups excluding carboxylic acids is 1. The second-order valence-electron chi connectivity index (χ2n) is 4.64. The van der Waals surface area contributed by atoms with Crippen molar-refractivity contribution in [3.05, 3.63) is 57.8 Å². The maximum absolute atomic E-state index is 13.1. The number of ether oxygens (including phenoxy) is 1. The lowest BCUT2D eigenvalue weighted by Crippen LogP contribution is -2.30. The molecule has 0 saturated heterocycles. The molecule has 0 radical (unpaired) electrons. The molecule has 4 nitrogen and oxygen atoms in total. The van der Waals surface area contributed by atoms with Crippen molar-refractivity contribution in [1.82, 2.24) is 0 Å². The smallest absolute Gasteiger partial charge is 0.265 e. The van der Waals surface area contributed by atoms with Crippen LogP contribution in [0.2, 0.25) is 10.0 Å². The van der Waals surface area contributed by atoms with Gasteiger partial charge < -0.3 is 10.1 Å². The van der Waals surface area contributed by atoms with Gasteiger partial charge in [-0.3, -0.25) is 4.79 Å². The summed E-state index contributed by atoms with van der Waals surface area (Å²) < 4.78 is 18.6. The Bertz CT molecular complexity index is 790. The molecule has 1 N–H and O–H groups in total. The van der Waals surface area contributed by atoms with Gasteiger partial charge in [-0.2, -0.15) is 5.26 Å². The van der Waals surface area contributed by atoms with Gasteiger partial charge in [-0.05, 0) is 43.3 Å². The molecule has 0 bridgehead atoms. The van der Waals surface area contributed by atoms with Crippen molar-refractivity contribution in [3.8, 4) is 11.8 Å². The van der Waals surface area contributed by atoms with E-state index >= 15 is 0 Å². The molecular formula is C16H11Cl2FN2O2. The third kappa shape index (κ3) is 4.35. The summed E-state index contributed by atoms with van der Waals surface area (Å²) in [6.07, 6.45) is -0.857. The molecule has 1 amide bonds. The first kappa shape index (κ1) is 17.1. The van der Waals surface area contributed by atoms with E-state index in [4.69, 9.17) is 33.2 Å². The summed E-state index contributed by atoms with van der Waals surface area (Å²) in [7, 11) is 0. The number of halogens is 3. The molecule has 2 aromatic rings. The van der Waals surface area contributed by atoms with E-state index in [9.17, 15) is 9.18 Å². The molecule has 2 aromatic carbocycles. The van der Waals surface area contributed by atoms with Crippen molar-refractivity contribution in [2.75, 3.05) is 5.32 Å². The highest BCUT2D eigenvalue weighted by Gasteiger charge is 2.17. The fourth-order valence-electron chi connectivity index (χ4n) is 1.73. The Labute approximate surface area is 142 Å². The minimum Gasteiger partial charge on any atom is -0.479 e. The Hall–Kier alpha value is -2.29. The van der Waals surface area contributed by atoms with Crippen LogP contribution < -0.4 is 10.1 Å². The topological polar surface area (TPSA) is 62.1 Å². The van der Waals surface area contributed by atoms with E-state index in [1.165, 1.54) is 37.3 Å². The van der Waals surface area contributed by atoms with Crippen LogP contribution in [0.1, 0.15) is 12.5 Å². The second-order valence-corrected chi connectivity index (χ2v) is 5.45. The van der Waals surface area contributed by atoms with Crippen LogP contribution in [0.5, 0.6) is 5.75 Å². The highest BCUT2D eigenvalue weighted by molar-refractivity contribution is 6.32. The van der Waals surface area contributed by atoms with E-state index in [2.05, 4.69) is 5.32 Å². The number of nitrogens with one attached hydrogen (secondary N) is 1. The zero-order valence-corrected chi connectivity index (χ0v) is 13.5. The van der Waals surface area contributed by atoms with E-state index in [-0.39, 0.29) is 15.8 Å². The van der Waals surface area contributed by atoms with Crippen molar-refractivity contribution in [2.45, 2.75) is 13.0 Å². The minimum atomic E-state index is -0.857. The van der Waals surface area contributed by atoms with Gasteiger partial charge in [0.1, 0.15) is 11.6 Å². The zero-order valence-electron chi connectivity index (χ0n) is 11.9. The Morgan fingerprint density at radius 2 is 2.00 bits per heavy atom. The normalized spacial score (nSPS) is 11.4. The van der Waals surface area contributed by atoms with Crippen LogP contribution in [-0.2, 0) is 4.79 Å². The highest BCUT2D eigenvalue weighted by Crippen LogP contribution is 2.26. The van der Waals surface area contributed by atoms with Crippen LogP contribution in [0.4, 0.5) is 10.1 Å². The molecule has 0 spiro atoms. The van der Waals surface area contributed by atoms with Gasteiger partial charge in [0.05, 0.1) is 21.7 Å². The predicted octanol–water partition coefficient (Wildman–Crippen LogP) is 4.41. The molecule has 118 valence electrons. The lowest BCUT2D eigenvalue weighted by Gasteiger charge is -2.16. The molecule has 23 heavy (non-hydrogen) atoms. The van der Waals surface area contributed by atoms with Gasteiger partial charge >= 0.3 is 0 Å². The molecule has 0 unspecified atom stereocenters. The summed E-state index contributed by atoms with van der Waals surface area (Å²) in [5.41, 5.74) is 0.739. The molecule has 2 rings (SSSR count). The highest BCUT2D eigenvalue weighted by atomic mass is 35.5. The van der Waals surface area contributed by atoms with Gasteiger partial charge in [-0.15, -0.1) is 0 Å². The number of anilines is 1. The molecule has 0 aliphatic heterocycles. The number of amides is 1. The summed E-state index contributed by atoms with van der Waals surface area (Å²) in [6.45, 7) is 1.54. The van der Waals surface area contributed by atoms with Gasteiger partial charge in [-0.25, -0.2) is 4.39 Å². The minimum absolute atomic E-state index is 0.0912. The van der Waals surface area contributed by atoms with Crippen molar-refractivity contribution in [2.24, 2.45) is 0 Å². The Kier molecular flexibility index (Phi) is 5.43. The average Bonchev–Trinajstić information content (AvgIpc) is 2.52. The maximum atomic E-state index is 13.1. The first-order chi connectivity index (χ1) is 10.9. The summed E-state index contributed by atoms with van der Waals surface area (Å²) in [6, 6.07) is 10.3. The summed E-state index contributed by atoms with van der Waals surface area (Å²) in [5, 5.41) is 11.5. The third-order valence-electron chi connectivity index (χ3n) is 2.92. The van der Waals surface area contributed by atoms with Gasteiger partial charge in [-0.1, -0.05) is 23.2 Å². The largest absolute Gasteiger partial charge is 0.479 e. The van der Waals surface area contributed by atoms with Crippen LogP contribution in [0.3, 0.4) is 0 Å².